The second-order valence-electron chi connectivity index (χ2n) is 6.26. The number of aromatic nitrogens is 1. The van der Waals surface area contributed by atoms with Crippen LogP contribution in [0.1, 0.15) is 31.5 Å². The van der Waals surface area contributed by atoms with Crippen LogP contribution in [0.3, 0.4) is 0 Å². The molecule has 0 radical (unpaired) electrons. The highest BCUT2D eigenvalue weighted by atomic mass is 32.1. The number of rotatable bonds is 9. The number of nitrogens with zero attached hydrogens (tertiary/aromatic N) is 1. The summed E-state index contributed by atoms with van der Waals surface area (Å²) in [5.74, 6) is 1.26. The summed E-state index contributed by atoms with van der Waals surface area (Å²) in [4.78, 5) is 27.3. The van der Waals surface area contributed by atoms with Crippen LogP contribution in [0.4, 0.5) is 0 Å². The molecule has 26 heavy (non-hydrogen) atoms. The normalized spacial score (nSPS) is 12.9. The summed E-state index contributed by atoms with van der Waals surface area (Å²) < 4.78 is 10.8. The van der Waals surface area contributed by atoms with Crippen LogP contribution in [0.25, 0.3) is 0 Å². The number of benzene rings is 1. The molecule has 0 aliphatic rings. The lowest BCUT2D eigenvalue weighted by molar-refractivity contribution is -0.153. The smallest absolute Gasteiger partial charge is 0.332 e. The average Bonchev–Trinajstić information content (AvgIpc) is 3.09. The molecule has 1 aromatic heterocycles. The van der Waals surface area contributed by atoms with Crippen LogP contribution in [0.2, 0.25) is 0 Å². The van der Waals surface area contributed by atoms with Crippen LogP contribution in [-0.4, -0.2) is 23.5 Å². The Morgan fingerprint density at radius 3 is 2.77 bits per heavy atom. The summed E-state index contributed by atoms with van der Waals surface area (Å²) in [6, 6.07) is 9.41. The zero-order valence-corrected chi connectivity index (χ0v) is 15.6. The maximum Gasteiger partial charge on any atom is 0.332 e. The van der Waals surface area contributed by atoms with E-state index in [9.17, 15) is 9.59 Å². The van der Waals surface area contributed by atoms with Crippen molar-refractivity contribution < 1.29 is 19.1 Å². The van der Waals surface area contributed by atoms with Crippen molar-refractivity contribution in [3.8, 4) is 5.19 Å². The molecule has 2 aromatic rings. The number of hydrogen-bond donors (Lipinski definition) is 1. The molecular formula is C19H22N2O4S. The molecule has 0 spiro atoms. The highest BCUT2D eigenvalue weighted by molar-refractivity contribution is 7.11. The quantitative estimate of drug-likeness (QED) is 0.536. The molecule has 0 saturated heterocycles. The highest BCUT2D eigenvalue weighted by Gasteiger charge is 2.41. The minimum absolute atomic E-state index is 0.0661. The Hall–Kier alpha value is -2.47. The number of esters is 1. The number of ether oxygens (including phenoxy) is 2. The second kappa shape index (κ2) is 9.29. The van der Waals surface area contributed by atoms with Crippen molar-refractivity contribution in [1.29, 1.82) is 0 Å². The number of carbonyl (C=O) groups excluding carboxylic acids is 2. The second-order valence-corrected chi connectivity index (χ2v) is 7.08. The van der Waals surface area contributed by atoms with E-state index in [1.807, 2.05) is 44.2 Å². The molecule has 7 heteroatoms. The molecule has 0 saturated carbocycles. The minimum atomic E-state index is -1.36. The molecule has 1 atom stereocenters. The summed E-state index contributed by atoms with van der Waals surface area (Å²) >= 11 is 1.21. The van der Waals surface area contributed by atoms with Crippen LogP contribution in [0.5, 0.6) is 5.19 Å². The van der Waals surface area contributed by atoms with Gasteiger partial charge in [-0.05, 0) is 17.9 Å². The van der Waals surface area contributed by atoms with E-state index in [1.54, 1.807) is 11.3 Å². The highest BCUT2D eigenvalue weighted by Crippen LogP contribution is 2.31. The van der Waals surface area contributed by atoms with Crippen LogP contribution in [0.15, 0.2) is 41.8 Å². The van der Waals surface area contributed by atoms with E-state index >= 15 is 0 Å². The van der Waals surface area contributed by atoms with Gasteiger partial charge in [0.25, 0.3) is 5.19 Å². The first-order valence-corrected chi connectivity index (χ1v) is 9.12. The lowest BCUT2D eigenvalue weighted by Gasteiger charge is -2.27. The van der Waals surface area contributed by atoms with Gasteiger partial charge in [-0.1, -0.05) is 55.5 Å². The van der Waals surface area contributed by atoms with Crippen LogP contribution < -0.4 is 10.5 Å². The van der Waals surface area contributed by atoms with Gasteiger partial charge in [-0.15, -0.1) is 0 Å². The van der Waals surface area contributed by atoms with Gasteiger partial charge in [0.1, 0.15) is 19.2 Å². The molecule has 0 amide bonds. The van der Waals surface area contributed by atoms with Crippen LogP contribution in [-0.2, 0) is 26.5 Å². The molecule has 2 rings (SSSR count). The Morgan fingerprint density at radius 1 is 1.38 bits per heavy atom. The SMILES string of the molecule is CC(C)C[C@@](N)(C(=O)OCc1ccccc1)c1csc(OCC=C=O)n1. The monoisotopic (exact) mass is 374 g/mol. The number of thiazole rings is 1. The molecule has 0 aliphatic carbocycles. The van der Waals surface area contributed by atoms with Crippen molar-refractivity contribution >= 4 is 23.2 Å². The van der Waals surface area contributed by atoms with E-state index in [1.165, 1.54) is 17.4 Å². The van der Waals surface area contributed by atoms with Gasteiger partial charge in [0, 0.05) is 11.5 Å². The Kier molecular flexibility index (Phi) is 7.09. The van der Waals surface area contributed by atoms with E-state index in [4.69, 9.17) is 15.2 Å². The first-order valence-electron chi connectivity index (χ1n) is 8.24. The predicted molar refractivity (Wildman–Crippen MR) is 99.4 cm³/mol. The van der Waals surface area contributed by atoms with Crippen molar-refractivity contribution in [3.63, 3.8) is 0 Å². The molecule has 0 aliphatic heterocycles. The molecule has 1 aromatic carbocycles. The molecule has 0 unspecified atom stereocenters. The van der Waals surface area contributed by atoms with E-state index in [0.717, 1.165) is 5.56 Å². The first kappa shape index (κ1) is 19.8. The summed E-state index contributed by atoms with van der Waals surface area (Å²) in [5.41, 5.74) is 6.37. The molecule has 1 heterocycles. The number of nitrogens with two attached hydrogens (primary N) is 1. The molecule has 138 valence electrons. The summed E-state index contributed by atoms with van der Waals surface area (Å²) in [5, 5.41) is 2.02. The number of hydrogen-bond acceptors (Lipinski definition) is 7. The van der Waals surface area contributed by atoms with Gasteiger partial charge in [0.05, 0.1) is 5.69 Å². The standard InChI is InChI=1S/C19H22N2O4S/c1-14(2)11-19(20,16-13-26-18(21-16)24-10-6-9-22)17(23)25-12-15-7-4-3-5-8-15/h3-8,13-14H,10-12,20H2,1-2H3/t19-/m0/s1. The fraction of sp³-hybridized carbons (Fsp3) is 0.368. The Bertz CT molecular complexity index is 769. The lowest BCUT2D eigenvalue weighted by atomic mass is 9.87. The summed E-state index contributed by atoms with van der Waals surface area (Å²) in [7, 11) is 0. The van der Waals surface area contributed by atoms with E-state index in [2.05, 4.69) is 4.98 Å². The average molecular weight is 374 g/mol. The van der Waals surface area contributed by atoms with E-state index < -0.39 is 11.5 Å². The molecule has 0 fully saturated rings. The van der Waals surface area contributed by atoms with Crippen molar-refractivity contribution in [3.05, 3.63) is 53.0 Å². The Balaban J connectivity index is 2.15. The largest absolute Gasteiger partial charge is 0.465 e. The molecular weight excluding hydrogens is 352 g/mol. The van der Waals surface area contributed by atoms with E-state index in [-0.39, 0.29) is 19.1 Å². The fourth-order valence-electron chi connectivity index (χ4n) is 2.46. The Morgan fingerprint density at radius 2 is 2.12 bits per heavy atom. The molecule has 0 bridgehead atoms. The lowest BCUT2D eigenvalue weighted by Crippen LogP contribution is -2.47. The third-order valence-corrected chi connectivity index (χ3v) is 4.37. The fourth-order valence-corrected chi connectivity index (χ4v) is 3.23. The topological polar surface area (TPSA) is 91.5 Å². The van der Waals surface area contributed by atoms with Gasteiger partial charge >= 0.3 is 5.97 Å². The van der Waals surface area contributed by atoms with Crippen molar-refractivity contribution in [1.82, 2.24) is 4.98 Å². The van der Waals surface area contributed by atoms with Gasteiger partial charge in [-0.2, -0.15) is 0 Å². The minimum Gasteiger partial charge on any atom is -0.465 e. The summed E-state index contributed by atoms with van der Waals surface area (Å²) in [6.07, 6.45) is 1.59. The third-order valence-electron chi connectivity index (χ3n) is 3.62. The maximum atomic E-state index is 12.8. The summed E-state index contributed by atoms with van der Waals surface area (Å²) in [6.45, 7) is 4.17. The van der Waals surface area contributed by atoms with Gasteiger partial charge in [-0.3, -0.25) is 0 Å². The zero-order chi connectivity index (χ0) is 19.0. The van der Waals surface area contributed by atoms with Crippen molar-refractivity contribution in [2.75, 3.05) is 6.61 Å². The van der Waals surface area contributed by atoms with Crippen molar-refractivity contribution in [2.45, 2.75) is 32.4 Å². The molecule has 2 N–H and O–H groups in total. The van der Waals surface area contributed by atoms with Gasteiger partial charge in [0.15, 0.2) is 5.54 Å². The predicted octanol–water partition coefficient (Wildman–Crippen LogP) is 2.85. The maximum absolute atomic E-state index is 12.8. The van der Waals surface area contributed by atoms with E-state index in [0.29, 0.717) is 17.3 Å². The Labute approximate surface area is 156 Å². The third kappa shape index (κ3) is 5.26. The van der Waals surface area contributed by atoms with Gasteiger partial charge < -0.3 is 15.2 Å². The van der Waals surface area contributed by atoms with Crippen LogP contribution in [0, 0.1) is 5.92 Å². The van der Waals surface area contributed by atoms with Crippen LogP contribution >= 0.6 is 11.3 Å². The zero-order valence-electron chi connectivity index (χ0n) is 14.8. The van der Waals surface area contributed by atoms with Gasteiger partial charge in [0.2, 0.25) is 0 Å². The van der Waals surface area contributed by atoms with Gasteiger partial charge in [-0.25, -0.2) is 14.6 Å². The molecule has 6 nitrogen and oxygen atoms in total. The number of carbonyl (C=O) groups is 1. The van der Waals surface area contributed by atoms with Crippen molar-refractivity contribution in [2.24, 2.45) is 11.7 Å². The first-order chi connectivity index (χ1) is 12.5.